The highest BCUT2D eigenvalue weighted by molar-refractivity contribution is 6.30. The van der Waals surface area contributed by atoms with Gasteiger partial charge in [0, 0.05) is 22.3 Å². The van der Waals surface area contributed by atoms with Crippen molar-refractivity contribution in [3.05, 3.63) is 74.0 Å². The minimum atomic E-state index is -0.490. The molecule has 1 saturated carbocycles. The van der Waals surface area contributed by atoms with Gasteiger partial charge in [-0.25, -0.2) is 9.78 Å². The maximum absolute atomic E-state index is 11.5. The second kappa shape index (κ2) is 7.59. The van der Waals surface area contributed by atoms with Gasteiger partial charge in [0.2, 0.25) is 5.88 Å². The lowest BCUT2D eigenvalue weighted by Crippen LogP contribution is -2.21. The summed E-state index contributed by atoms with van der Waals surface area (Å²) in [6.07, 6.45) is 5.37. The van der Waals surface area contributed by atoms with Gasteiger partial charge in [-0.1, -0.05) is 23.7 Å². The number of anilines is 1. The van der Waals surface area contributed by atoms with Gasteiger partial charge in [0.25, 0.3) is 0 Å². The van der Waals surface area contributed by atoms with E-state index >= 15 is 0 Å². The van der Waals surface area contributed by atoms with Gasteiger partial charge in [-0.3, -0.25) is 9.98 Å². The number of hydrogen-bond acceptors (Lipinski definition) is 6. The van der Waals surface area contributed by atoms with Crippen LogP contribution in [0.15, 0.2) is 46.3 Å². The number of rotatable bonds is 5. The fourth-order valence-electron chi connectivity index (χ4n) is 3.35. The summed E-state index contributed by atoms with van der Waals surface area (Å²) in [6, 6.07) is 9.79. The Morgan fingerprint density at radius 3 is 2.90 bits per heavy atom. The molecule has 0 saturated heterocycles. The molecule has 1 fully saturated rings. The van der Waals surface area contributed by atoms with Crippen LogP contribution < -0.4 is 21.7 Å². The molecule has 4 aromatic rings. The van der Waals surface area contributed by atoms with Gasteiger partial charge in [0.05, 0.1) is 12.2 Å². The van der Waals surface area contributed by atoms with Crippen LogP contribution in [0.1, 0.15) is 37.1 Å². The number of hydrogen-bond donors (Lipinski definition) is 4. The summed E-state index contributed by atoms with van der Waals surface area (Å²) in [5.74, 6) is 0.400. The third-order valence-electron chi connectivity index (χ3n) is 5.09. The van der Waals surface area contributed by atoms with Crippen LogP contribution in [0, 0.1) is 0 Å². The zero-order valence-corrected chi connectivity index (χ0v) is 17.4. The lowest BCUT2D eigenvalue weighted by Gasteiger charge is -2.15. The van der Waals surface area contributed by atoms with Gasteiger partial charge >= 0.3 is 5.69 Å². The standard InChI is InChI=1S/C21H20ClN7O2/c1-11(12-3-2-4-14(22)7-12)24-17-9-18(25-15-5-6-15)29-19(27-17)13(10-23-29)8-16-20(30)28-21(31)26-16/h2-4,7-11,15,24,30H,5-6H2,1H3,(H2,26,28,31). The number of nitrogens with one attached hydrogen (secondary N) is 3. The van der Waals surface area contributed by atoms with Crippen molar-refractivity contribution in [2.45, 2.75) is 31.8 Å². The van der Waals surface area contributed by atoms with E-state index in [0.29, 0.717) is 33.2 Å². The van der Waals surface area contributed by atoms with Crippen LogP contribution >= 0.6 is 11.6 Å². The molecular formula is C21H20ClN7O2. The van der Waals surface area contributed by atoms with E-state index in [-0.39, 0.29) is 17.6 Å². The Bertz CT molecular complexity index is 1450. The molecule has 10 heteroatoms. The summed E-state index contributed by atoms with van der Waals surface area (Å²) in [5, 5.41) is 19.0. The van der Waals surface area contributed by atoms with Crippen molar-refractivity contribution in [1.82, 2.24) is 24.6 Å². The minimum Gasteiger partial charge on any atom is -0.493 e. The molecule has 3 heterocycles. The van der Waals surface area contributed by atoms with E-state index in [1.165, 1.54) is 0 Å². The van der Waals surface area contributed by atoms with Crippen LogP contribution in [0.4, 0.5) is 5.82 Å². The molecule has 5 rings (SSSR count). The Morgan fingerprint density at radius 1 is 1.35 bits per heavy atom. The smallest absolute Gasteiger partial charge is 0.326 e. The monoisotopic (exact) mass is 437 g/mol. The van der Waals surface area contributed by atoms with Gasteiger partial charge in [-0.15, -0.1) is 0 Å². The lowest BCUT2D eigenvalue weighted by atomic mass is 10.1. The molecule has 9 nitrogen and oxygen atoms in total. The van der Waals surface area contributed by atoms with Gasteiger partial charge in [-0.05, 0) is 43.5 Å². The van der Waals surface area contributed by atoms with Crippen molar-refractivity contribution in [3.8, 4) is 5.88 Å². The topological polar surface area (TPSA) is 123 Å². The molecule has 0 bridgehead atoms. The molecule has 0 amide bonds. The highest BCUT2D eigenvalue weighted by atomic mass is 35.5. The zero-order valence-electron chi connectivity index (χ0n) is 16.6. The van der Waals surface area contributed by atoms with Crippen molar-refractivity contribution >= 4 is 29.1 Å². The van der Waals surface area contributed by atoms with Crippen LogP contribution in [0.25, 0.3) is 11.7 Å². The van der Waals surface area contributed by atoms with E-state index in [1.807, 2.05) is 37.3 Å². The van der Waals surface area contributed by atoms with E-state index in [2.05, 4.69) is 20.4 Å². The van der Waals surface area contributed by atoms with Crippen molar-refractivity contribution in [2.75, 3.05) is 5.32 Å². The van der Waals surface area contributed by atoms with Gasteiger partial charge in [0.15, 0.2) is 11.1 Å². The summed E-state index contributed by atoms with van der Waals surface area (Å²) in [4.78, 5) is 25.8. The number of aromatic nitrogens is 5. The number of halogens is 1. The van der Waals surface area contributed by atoms with Gasteiger partial charge in [0.1, 0.15) is 11.5 Å². The number of aromatic amines is 2. The average molecular weight is 438 g/mol. The average Bonchev–Trinajstić information content (AvgIpc) is 3.37. The van der Waals surface area contributed by atoms with Crippen LogP contribution in [0.5, 0.6) is 5.88 Å². The maximum Gasteiger partial charge on any atom is 0.326 e. The molecule has 1 unspecified atom stereocenters. The molecule has 1 atom stereocenters. The first-order valence-corrected chi connectivity index (χ1v) is 10.3. The number of imidazole rings is 1. The van der Waals surface area contributed by atoms with Crippen molar-refractivity contribution in [1.29, 1.82) is 0 Å². The molecule has 1 aliphatic rings. The number of H-pyrrole nitrogens is 2. The Labute approximate surface area is 181 Å². The van der Waals surface area contributed by atoms with Crippen molar-refractivity contribution in [2.24, 2.45) is 4.99 Å². The van der Waals surface area contributed by atoms with Crippen molar-refractivity contribution in [3.63, 3.8) is 0 Å². The van der Waals surface area contributed by atoms with E-state index in [9.17, 15) is 9.90 Å². The quantitative estimate of drug-likeness (QED) is 0.379. The third-order valence-corrected chi connectivity index (χ3v) is 5.33. The molecule has 1 aromatic carbocycles. The first-order chi connectivity index (χ1) is 15.0. The molecule has 0 spiro atoms. The Hall–Kier alpha value is -3.59. The number of benzene rings is 1. The van der Waals surface area contributed by atoms with Crippen LogP contribution in [0.3, 0.4) is 0 Å². The van der Waals surface area contributed by atoms with E-state index < -0.39 is 5.69 Å². The summed E-state index contributed by atoms with van der Waals surface area (Å²) in [6.45, 7) is 2.03. The number of nitrogens with zero attached hydrogens (tertiary/aromatic N) is 4. The Morgan fingerprint density at radius 2 is 2.19 bits per heavy atom. The normalized spacial score (nSPS) is 16.2. The molecule has 158 valence electrons. The molecule has 3 aromatic heterocycles. The van der Waals surface area contributed by atoms with Gasteiger partial charge < -0.3 is 15.4 Å². The number of aromatic hydroxyl groups is 1. The highest BCUT2D eigenvalue weighted by Gasteiger charge is 2.20. The first kappa shape index (κ1) is 19.4. The molecule has 1 aliphatic carbocycles. The summed E-state index contributed by atoms with van der Waals surface area (Å²) < 4.78 is 1.67. The predicted octanol–water partition coefficient (Wildman–Crippen LogP) is 1.89. The summed E-state index contributed by atoms with van der Waals surface area (Å²) in [7, 11) is 0. The molecule has 31 heavy (non-hydrogen) atoms. The molecule has 0 aliphatic heterocycles. The minimum absolute atomic E-state index is 0.0390. The summed E-state index contributed by atoms with van der Waals surface area (Å²) >= 11 is 6.13. The third kappa shape index (κ3) is 4.04. The number of fused-ring (bicyclic) bond motifs is 1. The van der Waals surface area contributed by atoms with E-state index in [0.717, 1.165) is 18.4 Å². The van der Waals surface area contributed by atoms with Gasteiger partial charge in [-0.2, -0.15) is 9.61 Å². The Balaban J connectivity index is 1.62. The zero-order chi connectivity index (χ0) is 21.5. The molecule has 0 radical (unpaired) electrons. The second-order valence-electron chi connectivity index (χ2n) is 7.60. The first-order valence-electron chi connectivity index (χ1n) is 9.94. The second-order valence-corrected chi connectivity index (χ2v) is 8.04. The fraction of sp³-hybridized carbons (Fsp3) is 0.238. The highest BCUT2D eigenvalue weighted by Crippen LogP contribution is 2.23. The molecular weight excluding hydrogens is 418 g/mol. The lowest BCUT2D eigenvalue weighted by molar-refractivity contribution is 0.454. The van der Waals surface area contributed by atoms with Crippen LogP contribution in [-0.4, -0.2) is 35.7 Å². The van der Waals surface area contributed by atoms with E-state index in [1.54, 1.807) is 16.8 Å². The maximum atomic E-state index is 11.5. The summed E-state index contributed by atoms with van der Waals surface area (Å²) in [5.41, 5.74) is 2.05. The van der Waals surface area contributed by atoms with Crippen molar-refractivity contribution < 1.29 is 5.11 Å². The fourth-order valence-corrected chi connectivity index (χ4v) is 3.55. The van der Waals surface area contributed by atoms with E-state index in [4.69, 9.17) is 21.6 Å². The SMILES string of the molecule is CC(Nc1cc(=NC2CC2)n2ncc(=Cc3[nH]c(=O)[nH]c3O)c2n1)c1cccc(Cl)c1. The Kier molecular flexibility index (Phi) is 4.74. The predicted molar refractivity (Wildman–Crippen MR) is 117 cm³/mol. The molecule has 4 N–H and O–H groups in total. The van der Waals surface area contributed by atoms with Crippen LogP contribution in [-0.2, 0) is 0 Å². The van der Waals surface area contributed by atoms with Crippen LogP contribution in [0.2, 0.25) is 5.02 Å². The largest absolute Gasteiger partial charge is 0.493 e.